The first-order chi connectivity index (χ1) is 9.20. The second-order valence-electron chi connectivity index (χ2n) is 5.07. The Bertz CT molecular complexity index is 442. The number of hydrogen-bond acceptors (Lipinski definition) is 4. The van der Waals surface area contributed by atoms with E-state index in [0.29, 0.717) is 23.8 Å². The molecule has 0 bridgehead atoms. The molecule has 2 N–H and O–H groups in total. The van der Waals surface area contributed by atoms with Crippen molar-refractivity contribution in [2.24, 2.45) is 11.7 Å². The van der Waals surface area contributed by atoms with Crippen LogP contribution in [0.3, 0.4) is 0 Å². The average Bonchev–Trinajstić information content (AvgIpc) is 2.45. The van der Waals surface area contributed by atoms with Crippen molar-refractivity contribution in [1.82, 2.24) is 0 Å². The molecule has 19 heavy (non-hydrogen) atoms. The molecule has 104 valence electrons. The maximum Gasteiger partial charge on any atom is 0.270 e. The summed E-state index contributed by atoms with van der Waals surface area (Å²) in [7, 11) is 0. The summed E-state index contributed by atoms with van der Waals surface area (Å²) in [5.41, 5.74) is 6.39. The van der Waals surface area contributed by atoms with Crippen LogP contribution in [-0.4, -0.2) is 11.5 Å². The van der Waals surface area contributed by atoms with Gasteiger partial charge in [-0.15, -0.1) is 0 Å². The molecular weight excluding hydrogens is 244 g/mol. The summed E-state index contributed by atoms with van der Waals surface area (Å²) < 4.78 is 5.80. The van der Waals surface area contributed by atoms with E-state index in [1.807, 2.05) is 0 Å². The van der Waals surface area contributed by atoms with Crippen molar-refractivity contribution in [2.45, 2.75) is 38.6 Å². The Morgan fingerprint density at radius 3 is 2.68 bits per heavy atom. The van der Waals surface area contributed by atoms with Gasteiger partial charge in [-0.05, 0) is 24.8 Å². The summed E-state index contributed by atoms with van der Waals surface area (Å²) >= 11 is 0. The average molecular weight is 264 g/mol. The van der Waals surface area contributed by atoms with E-state index in [0.717, 1.165) is 0 Å². The van der Waals surface area contributed by atoms with Gasteiger partial charge in [0.25, 0.3) is 5.69 Å². The van der Waals surface area contributed by atoms with Crippen LogP contribution in [0.15, 0.2) is 18.2 Å². The van der Waals surface area contributed by atoms with Gasteiger partial charge in [0.05, 0.1) is 11.5 Å². The molecule has 0 aromatic heterocycles. The van der Waals surface area contributed by atoms with Crippen LogP contribution in [0.4, 0.5) is 5.69 Å². The van der Waals surface area contributed by atoms with Gasteiger partial charge in [0.1, 0.15) is 5.75 Å². The first kappa shape index (κ1) is 13.8. The van der Waals surface area contributed by atoms with Crippen LogP contribution in [0.5, 0.6) is 5.75 Å². The molecule has 1 aromatic rings. The zero-order chi connectivity index (χ0) is 13.7. The van der Waals surface area contributed by atoms with Crippen molar-refractivity contribution in [2.75, 3.05) is 6.61 Å². The second kappa shape index (κ2) is 6.52. The van der Waals surface area contributed by atoms with E-state index >= 15 is 0 Å². The quantitative estimate of drug-likeness (QED) is 0.655. The number of hydrogen-bond donors (Lipinski definition) is 1. The Morgan fingerprint density at radius 2 is 2.05 bits per heavy atom. The predicted molar refractivity (Wildman–Crippen MR) is 73.1 cm³/mol. The maximum absolute atomic E-state index is 10.7. The van der Waals surface area contributed by atoms with Gasteiger partial charge >= 0.3 is 0 Å². The second-order valence-corrected chi connectivity index (χ2v) is 5.07. The van der Waals surface area contributed by atoms with Crippen molar-refractivity contribution < 1.29 is 9.66 Å². The number of nitrogens with zero attached hydrogens (tertiary/aromatic N) is 1. The van der Waals surface area contributed by atoms with E-state index in [1.165, 1.54) is 44.2 Å². The summed E-state index contributed by atoms with van der Waals surface area (Å²) in [6, 6.07) is 4.62. The number of non-ortho nitro benzene ring substituents is 1. The van der Waals surface area contributed by atoms with Crippen LogP contribution in [-0.2, 0) is 6.54 Å². The van der Waals surface area contributed by atoms with E-state index < -0.39 is 4.92 Å². The van der Waals surface area contributed by atoms with Gasteiger partial charge in [-0.25, -0.2) is 0 Å². The molecule has 0 amide bonds. The van der Waals surface area contributed by atoms with Gasteiger partial charge in [0.15, 0.2) is 0 Å². The van der Waals surface area contributed by atoms with Gasteiger partial charge in [-0.3, -0.25) is 10.1 Å². The smallest absolute Gasteiger partial charge is 0.270 e. The number of nitro groups is 1. The van der Waals surface area contributed by atoms with Gasteiger partial charge in [0.2, 0.25) is 0 Å². The van der Waals surface area contributed by atoms with E-state index in [2.05, 4.69) is 0 Å². The molecule has 1 fully saturated rings. The minimum atomic E-state index is -0.413. The fraction of sp³-hybridized carbons (Fsp3) is 0.571. The third kappa shape index (κ3) is 3.67. The Labute approximate surface area is 112 Å². The summed E-state index contributed by atoms with van der Waals surface area (Å²) in [5.74, 6) is 1.29. The van der Waals surface area contributed by atoms with Crippen LogP contribution < -0.4 is 10.5 Å². The molecule has 0 unspecified atom stereocenters. The monoisotopic (exact) mass is 264 g/mol. The molecule has 0 aliphatic heterocycles. The van der Waals surface area contributed by atoms with E-state index in [9.17, 15) is 10.1 Å². The standard InChI is InChI=1S/C14H20N2O3/c15-9-12-8-13(16(17)18)6-7-14(12)19-10-11-4-2-1-3-5-11/h6-8,11H,1-5,9-10,15H2. The first-order valence-electron chi connectivity index (χ1n) is 6.81. The Hall–Kier alpha value is -1.62. The van der Waals surface area contributed by atoms with Crippen LogP contribution in [0.1, 0.15) is 37.7 Å². The maximum atomic E-state index is 10.7. The summed E-state index contributed by atoms with van der Waals surface area (Å²) in [6.07, 6.45) is 6.30. The van der Waals surface area contributed by atoms with Gasteiger partial charge in [0, 0.05) is 24.2 Å². The third-order valence-corrected chi connectivity index (χ3v) is 3.67. The lowest BCUT2D eigenvalue weighted by Crippen LogP contribution is -2.16. The highest BCUT2D eigenvalue weighted by Crippen LogP contribution is 2.27. The molecule has 5 heteroatoms. The lowest BCUT2D eigenvalue weighted by Gasteiger charge is -2.22. The van der Waals surface area contributed by atoms with Crippen LogP contribution in [0.25, 0.3) is 0 Å². The van der Waals surface area contributed by atoms with Crippen LogP contribution >= 0.6 is 0 Å². The van der Waals surface area contributed by atoms with Crippen molar-refractivity contribution in [3.63, 3.8) is 0 Å². The molecule has 0 saturated heterocycles. The molecule has 0 radical (unpaired) electrons. The molecule has 0 spiro atoms. The van der Waals surface area contributed by atoms with Crippen molar-refractivity contribution in [1.29, 1.82) is 0 Å². The topological polar surface area (TPSA) is 78.4 Å². The highest BCUT2D eigenvalue weighted by Gasteiger charge is 2.16. The highest BCUT2D eigenvalue weighted by atomic mass is 16.6. The molecular formula is C14H20N2O3. The van der Waals surface area contributed by atoms with Crippen LogP contribution in [0.2, 0.25) is 0 Å². The van der Waals surface area contributed by atoms with Gasteiger partial charge < -0.3 is 10.5 Å². The lowest BCUT2D eigenvalue weighted by atomic mass is 9.90. The molecule has 2 rings (SSSR count). The van der Waals surface area contributed by atoms with Crippen molar-refractivity contribution >= 4 is 5.69 Å². The first-order valence-corrected chi connectivity index (χ1v) is 6.81. The summed E-state index contributed by atoms with van der Waals surface area (Å²) in [6.45, 7) is 0.937. The predicted octanol–water partition coefficient (Wildman–Crippen LogP) is 3.01. The fourth-order valence-corrected chi connectivity index (χ4v) is 2.54. The number of nitro benzene ring substituents is 1. The molecule has 1 aliphatic rings. The number of ether oxygens (including phenoxy) is 1. The number of nitrogens with two attached hydrogens (primary N) is 1. The van der Waals surface area contributed by atoms with Crippen molar-refractivity contribution in [3.05, 3.63) is 33.9 Å². The molecule has 5 nitrogen and oxygen atoms in total. The van der Waals surface area contributed by atoms with E-state index in [4.69, 9.17) is 10.5 Å². The zero-order valence-electron chi connectivity index (χ0n) is 11.0. The third-order valence-electron chi connectivity index (χ3n) is 3.67. The Balaban J connectivity index is 2.00. The van der Waals surface area contributed by atoms with E-state index in [-0.39, 0.29) is 12.2 Å². The SMILES string of the molecule is NCc1cc([N+](=O)[O-])ccc1OCC1CCCCC1. The van der Waals surface area contributed by atoms with E-state index in [1.54, 1.807) is 6.07 Å². The van der Waals surface area contributed by atoms with Crippen LogP contribution in [0, 0.1) is 16.0 Å². The molecule has 1 aromatic carbocycles. The minimum absolute atomic E-state index is 0.0606. The highest BCUT2D eigenvalue weighted by molar-refractivity contribution is 5.43. The van der Waals surface area contributed by atoms with Gasteiger partial charge in [-0.1, -0.05) is 19.3 Å². The minimum Gasteiger partial charge on any atom is -0.493 e. The Kier molecular flexibility index (Phi) is 4.74. The molecule has 0 heterocycles. The summed E-state index contributed by atoms with van der Waals surface area (Å²) in [4.78, 5) is 10.3. The Morgan fingerprint density at radius 1 is 1.32 bits per heavy atom. The van der Waals surface area contributed by atoms with Crippen molar-refractivity contribution in [3.8, 4) is 5.75 Å². The van der Waals surface area contributed by atoms with Gasteiger partial charge in [-0.2, -0.15) is 0 Å². The fourth-order valence-electron chi connectivity index (χ4n) is 2.54. The zero-order valence-corrected chi connectivity index (χ0v) is 11.0. The number of rotatable bonds is 5. The molecule has 1 aliphatic carbocycles. The molecule has 1 saturated carbocycles. The molecule has 0 atom stereocenters. The summed E-state index contributed by atoms with van der Waals surface area (Å²) in [5, 5.41) is 10.7. The normalized spacial score (nSPS) is 16.3. The largest absolute Gasteiger partial charge is 0.493 e. The number of benzene rings is 1. The lowest BCUT2D eigenvalue weighted by molar-refractivity contribution is -0.384.